The number of hydrogen-bond acceptors (Lipinski definition) is 0. The fourth-order valence-electron chi connectivity index (χ4n) is 0.605. The molecule has 0 heterocycles. The summed E-state index contributed by atoms with van der Waals surface area (Å²) in [5, 5.41) is 0. The van der Waals surface area contributed by atoms with E-state index in [0.717, 1.165) is 12.8 Å². The molecule has 0 rings (SSSR count). The van der Waals surface area contributed by atoms with E-state index in [-0.39, 0.29) is 47.0 Å². The minimum absolute atomic E-state index is 0. The Bertz CT molecular complexity index is 241. The fourth-order valence-corrected chi connectivity index (χ4v) is 0.605. The van der Waals surface area contributed by atoms with Crippen LogP contribution in [0.2, 0.25) is 0 Å². The normalized spacial score (nSPS) is 7.30. The van der Waals surface area contributed by atoms with E-state index >= 15 is 0 Å². The van der Waals surface area contributed by atoms with Crippen molar-refractivity contribution >= 4 is 47.0 Å². The zero-order valence-corrected chi connectivity index (χ0v) is 18.5. The molecule has 0 aliphatic rings. The third-order valence-electron chi connectivity index (χ3n) is 1.54. The van der Waals surface area contributed by atoms with Crippen LogP contribution in [-0.2, 0) is 0 Å². The summed E-state index contributed by atoms with van der Waals surface area (Å²) in [7, 11) is 0. The van der Waals surface area contributed by atoms with E-state index < -0.39 is 0 Å². The van der Waals surface area contributed by atoms with E-state index in [2.05, 4.69) is 27.7 Å². The topological polar surface area (TPSA) is 85.6 Å². The summed E-state index contributed by atoms with van der Waals surface area (Å²) in [6, 6.07) is 0. The van der Waals surface area contributed by atoms with E-state index in [4.69, 9.17) is 19.2 Å². The van der Waals surface area contributed by atoms with Crippen molar-refractivity contribution in [2.45, 2.75) is 67.2 Å². The standard InChI is InChI=1S/2C5H7O2.2C4H9.Sn/c2*1-4(6)3-5(2)7;2*1-3-4-2;/h2*3H,1-2H3;2*1,3-4H2,2H3;/q4*-1;/p+4. The van der Waals surface area contributed by atoms with Gasteiger partial charge in [0.2, 0.25) is 0 Å². The SMILES string of the molecule is CC(=[OH+])[CH-]C(C)=[OH+].CC(=[OH+])[CH-]C(C)=[OH+].[CH2-]CCC.[CH2-]CCC.[Sn]. The van der Waals surface area contributed by atoms with Gasteiger partial charge in [0.25, 0.3) is 0 Å². The smallest absolute Gasteiger partial charge is 0.176 e. The monoisotopic (exact) mass is 436 g/mol. The zero-order valence-electron chi connectivity index (χ0n) is 15.7. The number of ketones is 4. The first-order valence-corrected chi connectivity index (χ1v) is 7.46. The van der Waals surface area contributed by atoms with Crippen molar-refractivity contribution in [3.8, 4) is 0 Å². The maximum atomic E-state index is 8.40. The molecule has 0 saturated carbocycles. The van der Waals surface area contributed by atoms with Crippen molar-refractivity contribution < 1.29 is 19.2 Å². The molecule has 0 aromatic heterocycles. The average molecular weight is 435 g/mol. The Hall–Kier alpha value is -0.781. The van der Waals surface area contributed by atoms with Gasteiger partial charge >= 0.3 is 0 Å². The van der Waals surface area contributed by atoms with E-state index in [1.807, 2.05) is 0 Å². The second-order valence-corrected chi connectivity index (χ2v) is 4.56. The molecule has 0 aromatic rings. The molecular formula is C18H36O4Sn. The van der Waals surface area contributed by atoms with Crippen molar-refractivity contribution in [3.63, 3.8) is 0 Å². The molecule has 4 nitrogen and oxygen atoms in total. The Labute approximate surface area is 160 Å². The van der Waals surface area contributed by atoms with Crippen LogP contribution in [0.1, 0.15) is 67.2 Å². The van der Waals surface area contributed by atoms with Crippen LogP contribution < -0.4 is 0 Å². The van der Waals surface area contributed by atoms with Crippen LogP contribution in [0.4, 0.5) is 0 Å². The Balaban J connectivity index is -0.0000000639. The van der Waals surface area contributed by atoms with Gasteiger partial charge in [0, 0.05) is 51.6 Å². The van der Waals surface area contributed by atoms with Gasteiger partial charge in [-0.05, 0) is 0 Å². The average Bonchev–Trinajstić information content (AvgIpc) is 2.36. The van der Waals surface area contributed by atoms with E-state index in [1.54, 1.807) is 0 Å². The van der Waals surface area contributed by atoms with Crippen molar-refractivity contribution in [1.82, 2.24) is 0 Å². The summed E-state index contributed by atoms with van der Waals surface area (Å²) in [4.78, 5) is 33.6. The Kier molecular flexibility index (Phi) is 42.9. The van der Waals surface area contributed by atoms with Gasteiger partial charge in [0.05, 0.1) is 0 Å². The molecule has 0 saturated heterocycles. The van der Waals surface area contributed by atoms with Gasteiger partial charge in [0.1, 0.15) is 0 Å². The first kappa shape index (κ1) is 33.7. The molecule has 5 heteroatoms. The fraction of sp³-hybridized carbons (Fsp3) is 0.556. The summed E-state index contributed by atoms with van der Waals surface area (Å²) < 4.78 is 0. The first-order chi connectivity index (χ1) is 10.1. The molecule has 23 heavy (non-hydrogen) atoms. The van der Waals surface area contributed by atoms with Crippen molar-refractivity contribution in [3.05, 3.63) is 26.7 Å². The molecule has 4 N–H and O–H groups in total. The summed E-state index contributed by atoms with van der Waals surface area (Å²) >= 11 is 0. The van der Waals surface area contributed by atoms with Crippen LogP contribution >= 0.6 is 0 Å². The van der Waals surface area contributed by atoms with Gasteiger partial charge < -0.3 is 33.0 Å². The van der Waals surface area contributed by atoms with Gasteiger partial charge in [-0.15, -0.1) is 0 Å². The molecular weight excluding hydrogens is 399 g/mol. The predicted octanol–water partition coefficient (Wildman–Crippen LogP) is 3.50. The van der Waals surface area contributed by atoms with Crippen LogP contribution in [0.25, 0.3) is 0 Å². The molecule has 0 spiro atoms. The van der Waals surface area contributed by atoms with Gasteiger partial charge in [0.15, 0.2) is 23.1 Å². The Morgan fingerprint density at radius 2 is 0.783 bits per heavy atom. The minimum Gasteiger partial charge on any atom is -0.343 e. The quantitative estimate of drug-likeness (QED) is 0.265. The number of carbonyl (C=O) groups excluding carboxylic acids is 4. The van der Waals surface area contributed by atoms with E-state index in [1.165, 1.54) is 53.4 Å². The Morgan fingerprint density at radius 1 is 0.652 bits per heavy atom. The summed E-state index contributed by atoms with van der Waals surface area (Å²) in [5.74, 6) is 0.500. The van der Waals surface area contributed by atoms with E-state index in [0.29, 0.717) is 0 Å². The molecule has 0 amide bonds. The molecule has 0 bridgehead atoms. The van der Waals surface area contributed by atoms with Gasteiger partial charge in [-0.1, -0.05) is 26.7 Å². The molecule has 0 aliphatic carbocycles. The van der Waals surface area contributed by atoms with Crippen LogP contribution in [0.5, 0.6) is 0 Å². The van der Waals surface area contributed by atoms with Crippen LogP contribution in [0.3, 0.4) is 0 Å². The van der Waals surface area contributed by atoms with Crippen LogP contribution in [0, 0.1) is 26.7 Å². The first-order valence-electron chi connectivity index (χ1n) is 7.46. The van der Waals surface area contributed by atoms with Gasteiger partial charge in [-0.3, -0.25) is 0 Å². The molecule has 0 aliphatic heterocycles. The van der Waals surface area contributed by atoms with Crippen LogP contribution in [-0.4, -0.2) is 66.2 Å². The van der Waals surface area contributed by atoms with Crippen molar-refractivity contribution in [2.24, 2.45) is 0 Å². The maximum Gasteiger partial charge on any atom is 0.176 e. The second kappa shape index (κ2) is 29.3. The van der Waals surface area contributed by atoms with E-state index in [9.17, 15) is 0 Å². The van der Waals surface area contributed by atoms with Gasteiger partial charge in [-0.2, -0.15) is 25.7 Å². The van der Waals surface area contributed by atoms with Crippen LogP contribution in [0.15, 0.2) is 0 Å². The summed E-state index contributed by atoms with van der Waals surface area (Å²) in [6.07, 6.45) is 7.11. The summed E-state index contributed by atoms with van der Waals surface area (Å²) in [6.45, 7) is 17.4. The molecule has 0 atom stereocenters. The third kappa shape index (κ3) is 92.2. The predicted molar refractivity (Wildman–Crippen MR) is 105 cm³/mol. The number of hydrogen-bond donors (Lipinski definition) is 0. The number of rotatable bonds is 6. The van der Waals surface area contributed by atoms with Crippen molar-refractivity contribution in [2.75, 3.05) is 0 Å². The second-order valence-electron chi connectivity index (χ2n) is 4.56. The minimum atomic E-state index is 0. The summed E-state index contributed by atoms with van der Waals surface area (Å²) in [5.41, 5.74) is 0. The molecule has 0 aromatic carbocycles. The largest absolute Gasteiger partial charge is 0.343 e. The molecule has 0 unspecified atom stereocenters. The molecule has 4 radical (unpaired) electrons. The zero-order chi connectivity index (χ0) is 18.6. The Morgan fingerprint density at radius 3 is 0.783 bits per heavy atom. The van der Waals surface area contributed by atoms with Crippen molar-refractivity contribution in [1.29, 1.82) is 0 Å². The maximum absolute atomic E-state index is 8.40. The van der Waals surface area contributed by atoms with Gasteiger partial charge in [-0.25, -0.2) is 0 Å². The number of unbranched alkanes of at least 4 members (excludes halogenated alkanes) is 2. The third-order valence-corrected chi connectivity index (χ3v) is 1.54. The molecule has 0 fully saturated rings. The molecule has 136 valence electrons.